The zero-order valence-electron chi connectivity index (χ0n) is 18.9. The lowest BCUT2D eigenvalue weighted by Gasteiger charge is -2.35. The lowest BCUT2D eigenvalue weighted by molar-refractivity contribution is -0.117. The zero-order valence-corrected chi connectivity index (χ0v) is 21.2. The number of rotatable bonds is 7. The van der Waals surface area contributed by atoms with Crippen LogP contribution in [-0.4, -0.2) is 46.2 Å². The van der Waals surface area contributed by atoms with E-state index in [0.717, 1.165) is 40.7 Å². The Hall–Kier alpha value is -2.27. The van der Waals surface area contributed by atoms with Crippen LogP contribution in [0.5, 0.6) is 0 Å². The highest BCUT2D eigenvalue weighted by Gasteiger charge is 2.41. The molecule has 5 rings (SSSR count). The number of aromatic nitrogens is 2. The summed E-state index contributed by atoms with van der Waals surface area (Å²) in [4.78, 5) is 12.6. The van der Waals surface area contributed by atoms with Crippen LogP contribution in [0, 0.1) is 5.92 Å². The molecule has 8 nitrogen and oxygen atoms in total. The average Bonchev–Trinajstić information content (AvgIpc) is 3.53. The third-order valence-electron chi connectivity index (χ3n) is 6.54. The number of benzene rings is 2. The number of anilines is 2. The SMILES string of the molecule is NC(Cc1ccc(Cl)cc1)C(=O)Nc1cccc(-c2nnc(NC3CCC4NNCC4C3Cl)s2)c1. The van der Waals surface area contributed by atoms with Crippen molar-refractivity contribution in [1.82, 2.24) is 21.0 Å². The predicted molar refractivity (Wildman–Crippen MR) is 142 cm³/mol. The average molecular weight is 533 g/mol. The lowest BCUT2D eigenvalue weighted by atomic mass is 9.82. The summed E-state index contributed by atoms with van der Waals surface area (Å²) in [6.45, 7) is 0.875. The number of nitrogens with one attached hydrogen (secondary N) is 4. The van der Waals surface area contributed by atoms with E-state index in [1.165, 1.54) is 11.3 Å². The van der Waals surface area contributed by atoms with Crippen LogP contribution in [-0.2, 0) is 11.2 Å². The van der Waals surface area contributed by atoms with Gasteiger partial charge in [0.1, 0.15) is 5.01 Å². The Morgan fingerprint density at radius 1 is 1.20 bits per heavy atom. The molecule has 2 fully saturated rings. The van der Waals surface area contributed by atoms with Crippen molar-refractivity contribution in [3.05, 3.63) is 59.1 Å². The number of carbonyl (C=O) groups is 1. The van der Waals surface area contributed by atoms with E-state index in [1.54, 1.807) is 12.1 Å². The maximum Gasteiger partial charge on any atom is 0.241 e. The highest BCUT2D eigenvalue weighted by atomic mass is 35.5. The van der Waals surface area contributed by atoms with Crippen LogP contribution < -0.4 is 27.2 Å². The Bertz CT molecular complexity index is 1170. The minimum Gasteiger partial charge on any atom is -0.356 e. The third-order valence-corrected chi connectivity index (χ3v) is 8.32. The van der Waals surface area contributed by atoms with E-state index in [-0.39, 0.29) is 17.3 Å². The second-order valence-electron chi connectivity index (χ2n) is 8.99. The van der Waals surface area contributed by atoms with Gasteiger partial charge in [-0.05, 0) is 49.1 Å². The van der Waals surface area contributed by atoms with E-state index in [9.17, 15) is 4.79 Å². The molecule has 1 aromatic heterocycles. The van der Waals surface area contributed by atoms with Crippen molar-refractivity contribution in [2.24, 2.45) is 11.7 Å². The van der Waals surface area contributed by atoms with Crippen molar-refractivity contribution in [2.75, 3.05) is 17.2 Å². The molecule has 1 saturated heterocycles. The van der Waals surface area contributed by atoms with E-state index < -0.39 is 6.04 Å². The molecule has 1 saturated carbocycles. The first-order valence-electron chi connectivity index (χ1n) is 11.6. The van der Waals surface area contributed by atoms with Crippen molar-refractivity contribution in [3.8, 4) is 10.6 Å². The fourth-order valence-electron chi connectivity index (χ4n) is 4.64. The van der Waals surface area contributed by atoms with Gasteiger partial charge >= 0.3 is 0 Å². The first-order chi connectivity index (χ1) is 17.0. The Morgan fingerprint density at radius 3 is 2.86 bits per heavy atom. The van der Waals surface area contributed by atoms with Gasteiger partial charge in [0, 0.05) is 40.8 Å². The molecule has 35 heavy (non-hydrogen) atoms. The second-order valence-corrected chi connectivity index (χ2v) is 10.9. The standard InChI is InChI=1S/C24H27Cl2N7OS/c25-15-6-4-13(5-7-15)10-18(27)22(34)29-16-3-1-2-14(11-16)23-32-33-24(35-23)30-20-9-8-19-17(21(20)26)12-28-31-19/h1-7,11,17-21,28,31H,8-10,12,27H2,(H,29,34)(H,30,33). The molecule has 6 N–H and O–H groups in total. The second kappa shape index (κ2) is 10.8. The van der Waals surface area contributed by atoms with E-state index in [0.29, 0.717) is 29.1 Å². The number of halogens is 2. The number of hydrogen-bond donors (Lipinski definition) is 5. The highest BCUT2D eigenvalue weighted by molar-refractivity contribution is 7.18. The number of nitrogens with zero attached hydrogens (tertiary/aromatic N) is 2. The van der Waals surface area contributed by atoms with Gasteiger partial charge in [-0.1, -0.05) is 47.2 Å². The van der Waals surface area contributed by atoms with Gasteiger partial charge in [0.25, 0.3) is 0 Å². The Balaban J connectivity index is 1.20. The Kier molecular flexibility index (Phi) is 7.52. The first kappa shape index (κ1) is 24.4. The first-order valence-corrected chi connectivity index (χ1v) is 13.2. The van der Waals surface area contributed by atoms with Gasteiger partial charge in [-0.25, -0.2) is 0 Å². The summed E-state index contributed by atoms with van der Waals surface area (Å²) in [6, 6.07) is 14.7. The summed E-state index contributed by atoms with van der Waals surface area (Å²) < 4.78 is 0. The molecule has 2 aliphatic rings. The summed E-state index contributed by atoms with van der Waals surface area (Å²) in [7, 11) is 0. The molecular formula is C24H27Cl2N7OS. The van der Waals surface area contributed by atoms with E-state index in [2.05, 4.69) is 31.7 Å². The molecule has 5 atom stereocenters. The van der Waals surface area contributed by atoms with Crippen molar-refractivity contribution < 1.29 is 4.79 Å². The number of carbonyl (C=O) groups excluding carboxylic acids is 1. The van der Waals surface area contributed by atoms with E-state index in [1.807, 2.05) is 36.4 Å². The van der Waals surface area contributed by atoms with Crippen LogP contribution in [0.1, 0.15) is 18.4 Å². The number of alkyl halides is 1. The van der Waals surface area contributed by atoms with Gasteiger partial charge in [-0.15, -0.1) is 21.8 Å². The molecule has 0 spiro atoms. The topological polar surface area (TPSA) is 117 Å². The number of fused-ring (bicyclic) bond motifs is 1. The molecule has 2 heterocycles. The van der Waals surface area contributed by atoms with Crippen LogP contribution in [0.3, 0.4) is 0 Å². The van der Waals surface area contributed by atoms with Gasteiger partial charge in [0.15, 0.2) is 0 Å². The molecule has 2 aromatic carbocycles. The largest absolute Gasteiger partial charge is 0.356 e. The van der Waals surface area contributed by atoms with Crippen LogP contribution in [0.4, 0.5) is 10.8 Å². The normalized spacial score (nSPS) is 24.5. The lowest BCUT2D eigenvalue weighted by Crippen LogP contribution is -2.47. The van der Waals surface area contributed by atoms with Gasteiger partial charge in [0.2, 0.25) is 11.0 Å². The number of nitrogens with two attached hydrogens (primary N) is 1. The summed E-state index contributed by atoms with van der Waals surface area (Å²) in [5.41, 5.74) is 15.1. The number of hydrogen-bond acceptors (Lipinski definition) is 8. The smallest absolute Gasteiger partial charge is 0.241 e. The number of hydrazine groups is 1. The fourth-order valence-corrected chi connectivity index (χ4v) is 6.02. The molecule has 5 unspecified atom stereocenters. The monoisotopic (exact) mass is 531 g/mol. The summed E-state index contributed by atoms with van der Waals surface area (Å²) in [5, 5.41) is 17.2. The fraction of sp³-hybridized carbons (Fsp3) is 0.375. The van der Waals surface area contributed by atoms with Gasteiger partial charge in [-0.2, -0.15) is 0 Å². The van der Waals surface area contributed by atoms with Gasteiger partial charge in [-0.3, -0.25) is 15.6 Å². The summed E-state index contributed by atoms with van der Waals surface area (Å²) in [6.07, 6.45) is 2.45. The molecule has 1 amide bonds. The van der Waals surface area contributed by atoms with Crippen molar-refractivity contribution >= 4 is 51.3 Å². The third kappa shape index (κ3) is 5.77. The van der Waals surface area contributed by atoms with Crippen molar-refractivity contribution in [3.63, 3.8) is 0 Å². The Morgan fingerprint density at radius 2 is 2.03 bits per heavy atom. The van der Waals surface area contributed by atoms with Gasteiger partial charge in [0.05, 0.1) is 11.4 Å². The van der Waals surface area contributed by atoms with Crippen LogP contribution in [0.25, 0.3) is 10.6 Å². The molecular weight excluding hydrogens is 505 g/mol. The van der Waals surface area contributed by atoms with Crippen LogP contribution in [0.2, 0.25) is 5.02 Å². The zero-order chi connectivity index (χ0) is 24.4. The maximum absolute atomic E-state index is 12.6. The van der Waals surface area contributed by atoms with Crippen LogP contribution >= 0.6 is 34.5 Å². The van der Waals surface area contributed by atoms with E-state index >= 15 is 0 Å². The van der Waals surface area contributed by atoms with Crippen molar-refractivity contribution in [1.29, 1.82) is 0 Å². The van der Waals surface area contributed by atoms with E-state index in [4.69, 9.17) is 28.9 Å². The van der Waals surface area contributed by atoms with Gasteiger partial charge < -0.3 is 16.4 Å². The van der Waals surface area contributed by atoms with Crippen LogP contribution in [0.15, 0.2) is 48.5 Å². The molecule has 0 bridgehead atoms. The summed E-state index contributed by atoms with van der Waals surface area (Å²) in [5.74, 6) is 0.137. The minimum absolute atomic E-state index is 0.0132. The maximum atomic E-state index is 12.6. The Labute approximate surface area is 218 Å². The number of amides is 1. The minimum atomic E-state index is -0.680. The quantitative estimate of drug-likeness (QED) is 0.295. The van der Waals surface area contributed by atoms with Crippen molar-refractivity contribution in [2.45, 2.75) is 42.8 Å². The molecule has 184 valence electrons. The molecule has 3 aromatic rings. The molecule has 1 aliphatic carbocycles. The highest BCUT2D eigenvalue weighted by Crippen LogP contribution is 2.35. The summed E-state index contributed by atoms with van der Waals surface area (Å²) >= 11 is 14.2. The molecule has 0 radical (unpaired) electrons. The molecule has 11 heteroatoms. The predicted octanol–water partition coefficient (Wildman–Crippen LogP) is 3.64. The molecule has 1 aliphatic heterocycles.